The Bertz CT molecular complexity index is 835. The molecular formula is C20H23NO6. The van der Waals surface area contributed by atoms with Crippen molar-refractivity contribution in [2.24, 2.45) is 0 Å². The van der Waals surface area contributed by atoms with Gasteiger partial charge in [-0.05, 0) is 36.2 Å². The molecule has 0 radical (unpaired) electrons. The Morgan fingerprint density at radius 1 is 0.926 bits per heavy atom. The van der Waals surface area contributed by atoms with Crippen molar-refractivity contribution in [1.82, 2.24) is 5.32 Å². The Hall–Kier alpha value is -2.93. The Morgan fingerprint density at radius 2 is 1.63 bits per heavy atom. The molecule has 0 fully saturated rings. The molecule has 0 amide bonds. The topological polar surface area (TPSA) is 75.3 Å². The quantitative estimate of drug-likeness (QED) is 0.713. The molecule has 0 saturated carbocycles. The molecule has 1 aliphatic heterocycles. The molecular weight excluding hydrogens is 350 g/mol. The molecule has 144 valence electrons. The van der Waals surface area contributed by atoms with Crippen LogP contribution in [0.4, 0.5) is 0 Å². The number of hydrogen-bond acceptors (Lipinski definition) is 7. The van der Waals surface area contributed by atoms with Crippen LogP contribution in [0, 0.1) is 0 Å². The minimum Gasteiger partial charge on any atom is -0.493 e. The van der Waals surface area contributed by atoms with E-state index < -0.39 is 12.2 Å². The van der Waals surface area contributed by atoms with Crippen molar-refractivity contribution < 1.29 is 28.5 Å². The van der Waals surface area contributed by atoms with Crippen molar-refractivity contribution in [2.75, 3.05) is 35.0 Å². The largest absolute Gasteiger partial charge is 0.493 e. The molecule has 1 heterocycles. The summed E-state index contributed by atoms with van der Waals surface area (Å²) in [5.41, 5.74) is 2.22. The third-order valence-electron chi connectivity index (χ3n) is 4.48. The highest BCUT2D eigenvalue weighted by molar-refractivity contribution is 5.98. The first-order valence-electron chi connectivity index (χ1n) is 8.53. The van der Waals surface area contributed by atoms with Crippen LogP contribution < -0.4 is 24.3 Å². The van der Waals surface area contributed by atoms with Gasteiger partial charge in [-0.25, -0.2) is 4.79 Å². The number of nitrogens with one attached hydrogen (secondary N) is 1. The molecule has 1 aliphatic rings. The van der Waals surface area contributed by atoms with Crippen molar-refractivity contribution in [3.8, 4) is 23.0 Å². The van der Waals surface area contributed by atoms with Crippen molar-refractivity contribution in [3.05, 3.63) is 47.0 Å². The highest BCUT2D eigenvalue weighted by Crippen LogP contribution is 2.40. The van der Waals surface area contributed by atoms with Crippen LogP contribution in [0.25, 0.3) is 0 Å². The summed E-state index contributed by atoms with van der Waals surface area (Å²) < 4.78 is 26.6. The fraction of sp³-hybridized carbons (Fsp3) is 0.350. The lowest BCUT2D eigenvalue weighted by Crippen LogP contribution is -2.23. The number of benzene rings is 2. The van der Waals surface area contributed by atoms with Gasteiger partial charge >= 0.3 is 5.97 Å². The van der Waals surface area contributed by atoms with Gasteiger partial charge in [-0.3, -0.25) is 5.32 Å². The van der Waals surface area contributed by atoms with E-state index in [1.54, 1.807) is 20.3 Å². The predicted molar refractivity (Wildman–Crippen MR) is 99.0 cm³/mol. The van der Waals surface area contributed by atoms with Gasteiger partial charge in [0.05, 0.1) is 28.4 Å². The Balaban J connectivity index is 1.70. The average Bonchev–Trinajstić information content (AvgIpc) is 3.02. The number of fused-ring (bicyclic) bond motifs is 1. The number of carbonyl (C=O) groups excluding carboxylic acids is 1. The Labute approximate surface area is 158 Å². The second kappa shape index (κ2) is 8.18. The van der Waals surface area contributed by atoms with Crippen molar-refractivity contribution >= 4 is 5.97 Å². The maximum absolute atomic E-state index is 12.3. The molecule has 0 saturated heterocycles. The minimum absolute atomic E-state index is 0.393. The van der Waals surface area contributed by atoms with Gasteiger partial charge in [0.15, 0.2) is 29.2 Å². The van der Waals surface area contributed by atoms with E-state index >= 15 is 0 Å². The summed E-state index contributed by atoms with van der Waals surface area (Å²) in [5, 5.41) is 3.26. The Morgan fingerprint density at radius 3 is 2.30 bits per heavy atom. The number of methoxy groups -OCH3 is 4. The van der Waals surface area contributed by atoms with E-state index in [-0.39, 0.29) is 0 Å². The third kappa shape index (κ3) is 3.64. The maximum atomic E-state index is 12.3. The fourth-order valence-corrected chi connectivity index (χ4v) is 3.14. The number of esters is 1. The number of hydrogen-bond donors (Lipinski definition) is 1. The molecule has 1 N–H and O–H groups in total. The standard InChI is InChI=1S/C20H23NO6/c1-23-14-7-5-12(11-16(14)25-3)9-10-21-19-13-6-8-15(24-2)18(26-4)17(13)20(22)27-19/h5-8,11,19,21H,9-10H2,1-4H3/t19-/m0/s1. The first-order valence-corrected chi connectivity index (χ1v) is 8.53. The molecule has 1 atom stereocenters. The van der Waals surface area contributed by atoms with Crippen LogP contribution in [0.3, 0.4) is 0 Å². The second-order valence-corrected chi connectivity index (χ2v) is 5.94. The summed E-state index contributed by atoms with van der Waals surface area (Å²) in [6, 6.07) is 9.36. The van der Waals surface area contributed by atoms with Crippen LogP contribution in [-0.4, -0.2) is 41.0 Å². The highest BCUT2D eigenvalue weighted by atomic mass is 16.6. The molecule has 27 heavy (non-hydrogen) atoms. The van der Waals surface area contributed by atoms with Gasteiger partial charge in [0.25, 0.3) is 0 Å². The van der Waals surface area contributed by atoms with Crippen LogP contribution in [0.5, 0.6) is 23.0 Å². The third-order valence-corrected chi connectivity index (χ3v) is 4.48. The molecule has 0 bridgehead atoms. The van der Waals surface area contributed by atoms with E-state index in [9.17, 15) is 4.79 Å². The van der Waals surface area contributed by atoms with Gasteiger partial charge in [0, 0.05) is 12.1 Å². The molecule has 3 rings (SSSR count). The normalized spacial score (nSPS) is 15.1. The van der Waals surface area contributed by atoms with E-state index in [4.69, 9.17) is 23.7 Å². The molecule has 0 spiro atoms. The van der Waals surface area contributed by atoms with Gasteiger partial charge in [0.1, 0.15) is 5.56 Å². The van der Waals surface area contributed by atoms with Crippen LogP contribution in [-0.2, 0) is 11.2 Å². The average molecular weight is 373 g/mol. The zero-order valence-corrected chi connectivity index (χ0v) is 15.8. The summed E-state index contributed by atoms with van der Waals surface area (Å²) in [4.78, 5) is 12.3. The first-order chi connectivity index (χ1) is 13.1. The molecule has 0 aliphatic carbocycles. The minimum atomic E-state index is -0.521. The number of ether oxygens (including phenoxy) is 5. The summed E-state index contributed by atoms with van der Waals surface area (Å²) in [6.07, 6.45) is 0.212. The van der Waals surface area contributed by atoms with Crippen LogP contribution in [0.15, 0.2) is 30.3 Å². The monoisotopic (exact) mass is 373 g/mol. The summed E-state index contributed by atoms with van der Waals surface area (Å²) in [7, 11) is 6.25. The van der Waals surface area contributed by atoms with Crippen LogP contribution in [0.2, 0.25) is 0 Å². The highest BCUT2D eigenvalue weighted by Gasteiger charge is 2.35. The van der Waals surface area contributed by atoms with Crippen molar-refractivity contribution in [1.29, 1.82) is 0 Å². The van der Waals surface area contributed by atoms with Gasteiger partial charge in [0.2, 0.25) is 0 Å². The van der Waals surface area contributed by atoms with Crippen molar-refractivity contribution in [2.45, 2.75) is 12.6 Å². The van der Waals surface area contributed by atoms with E-state index in [0.29, 0.717) is 35.1 Å². The Kier molecular flexibility index (Phi) is 5.71. The molecule has 0 unspecified atom stereocenters. The lowest BCUT2D eigenvalue weighted by molar-refractivity contribution is 0.0309. The zero-order valence-electron chi connectivity index (χ0n) is 15.8. The lowest BCUT2D eigenvalue weighted by atomic mass is 10.1. The number of rotatable bonds is 8. The van der Waals surface area contributed by atoms with E-state index in [0.717, 1.165) is 17.5 Å². The van der Waals surface area contributed by atoms with Gasteiger partial charge in [-0.15, -0.1) is 0 Å². The molecule has 7 heteroatoms. The SMILES string of the molecule is COc1ccc(CCN[C@H]2OC(=O)c3c2ccc(OC)c3OC)cc1OC. The van der Waals surface area contributed by atoms with E-state index in [1.165, 1.54) is 14.2 Å². The maximum Gasteiger partial charge on any atom is 0.344 e. The second-order valence-electron chi connectivity index (χ2n) is 5.94. The number of cyclic esters (lactones) is 1. The first kappa shape index (κ1) is 18.8. The lowest BCUT2D eigenvalue weighted by Gasteiger charge is -2.14. The van der Waals surface area contributed by atoms with Gasteiger partial charge in [-0.1, -0.05) is 6.07 Å². The summed E-state index contributed by atoms with van der Waals surface area (Å²) >= 11 is 0. The fourth-order valence-electron chi connectivity index (χ4n) is 3.14. The van der Waals surface area contributed by atoms with Crippen LogP contribution in [0.1, 0.15) is 27.7 Å². The van der Waals surface area contributed by atoms with Crippen LogP contribution >= 0.6 is 0 Å². The predicted octanol–water partition coefficient (Wildman–Crippen LogP) is 2.72. The van der Waals surface area contributed by atoms with Gasteiger partial charge < -0.3 is 23.7 Å². The molecule has 2 aromatic carbocycles. The molecule has 2 aromatic rings. The zero-order chi connectivity index (χ0) is 19.4. The summed E-state index contributed by atoms with van der Waals surface area (Å²) in [5.74, 6) is 1.84. The molecule has 0 aromatic heterocycles. The smallest absolute Gasteiger partial charge is 0.344 e. The van der Waals surface area contributed by atoms with Gasteiger partial charge in [-0.2, -0.15) is 0 Å². The van der Waals surface area contributed by atoms with E-state index in [1.807, 2.05) is 24.3 Å². The molecule has 7 nitrogen and oxygen atoms in total. The van der Waals surface area contributed by atoms with E-state index in [2.05, 4.69) is 5.32 Å². The number of carbonyl (C=O) groups is 1. The van der Waals surface area contributed by atoms with Crippen molar-refractivity contribution in [3.63, 3.8) is 0 Å². The summed E-state index contributed by atoms with van der Waals surface area (Å²) in [6.45, 7) is 0.612.